The highest BCUT2D eigenvalue weighted by Crippen LogP contribution is 2.34. The third-order valence-electron chi connectivity index (χ3n) is 2.75. The predicted molar refractivity (Wildman–Crippen MR) is 51.5 cm³/mol. The molecule has 1 aliphatic carbocycles. The maximum Gasteiger partial charge on any atom is 0.0480 e. The first-order valence-electron chi connectivity index (χ1n) is 4.45. The van der Waals surface area contributed by atoms with Crippen molar-refractivity contribution < 1.29 is 0 Å². The highest BCUT2D eigenvalue weighted by molar-refractivity contribution is 5.37. The molecular formula is C10H11N3. The fraction of sp³-hybridized carbons (Fsp3) is 0.400. The smallest absolute Gasteiger partial charge is 0.0480 e. The summed E-state index contributed by atoms with van der Waals surface area (Å²) in [7, 11) is 0. The third kappa shape index (κ3) is 1.27. The third-order valence-corrected chi connectivity index (χ3v) is 2.75. The van der Waals surface area contributed by atoms with Gasteiger partial charge >= 0.3 is 0 Å². The highest BCUT2D eigenvalue weighted by Gasteiger charge is 2.27. The molecule has 2 rings (SSSR count). The minimum Gasteiger partial charge on any atom is -0.0897 e. The zero-order valence-electron chi connectivity index (χ0n) is 7.51. The monoisotopic (exact) mass is 173 g/mol. The van der Waals surface area contributed by atoms with Crippen molar-refractivity contribution in [2.75, 3.05) is 0 Å². The second-order valence-electron chi connectivity index (χ2n) is 3.46. The van der Waals surface area contributed by atoms with Crippen LogP contribution in [0.15, 0.2) is 29.4 Å². The molecule has 0 fully saturated rings. The molecule has 66 valence electrons. The molecule has 0 unspecified atom stereocenters. The lowest BCUT2D eigenvalue weighted by Crippen LogP contribution is -2.06. The van der Waals surface area contributed by atoms with Gasteiger partial charge in [0.1, 0.15) is 0 Å². The van der Waals surface area contributed by atoms with Gasteiger partial charge in [0.15, 0.2) is 0 Å². The molecule has 3 nitrogen and oxygen atoms in total. The molecule has 13 heavy (non-hydrogen) atoms. The lowest BCUT2D eigenvalue weighted by atomic mass is 10.0. The summed E-state index contributed by atoms with van der Waals surface area (Å²) in [4.78, 5) is 2.88. The minimum atomic E-state index is 0.113. The maximum absolute atomic E-state index is 8.38. The summed E-state index contributed by atoms with van der Waals surface area (Å²) in [5.74, 6) is 0.368. The second kappa shape index (κ2) is 3.11. The van der Waals surface area contributed by atoms with Gasteiger partial charge in [-0.3, -0.25) is 0 Å². The number of fused-ring (bicyclic) bond motifs is 1. The Morgan fingerprint density at radius 3 is 2.92 bits per heavy atom. The van der Waals surface area contributed by atoms with Crippen LogP contribution in [0.4, 0.5) is 0 Å². The molecule has 0 saturated carbocycles. The van der Waals surface area contributed by atoms with E-state index < -0.39 is 0 Å². The summed E-state index contributed by atoms with van der Waals surface area (Å²) < 4.78 is 0. The van der Waals surface area contributed by atoms with Crippen molar-refractivity contribution >= 4 is 0 Å². The van der Waals surface area contributed by atoms with Crippen molar-refractivity contribution in [1.82, 2.24) is 0 Å². The zero-order valence-corrected chi connectivity index (χ0v) is 7.51. The fourth-order valence-corrected chi connectivity index (χ4v) is 1.98. The van der Waals surface area contributed by atoms with Gasteiger partial charge in [0.05, 0.1) is 0 Å². The molecular weight excluding hydrogens is 162 g/mol. The standard InChI is InChI=1S/C10H11N3/c1-7-9-5-3-2-4-8(9)6-10(7)12-13-11/h2-5,7,10H,6H2,1H3/t7-,10-/m0/s1. The van der Waals surface area contributed by atoms with Crippen LogP contribution >= 0.6 is 0 Å². The van der Waals surface area contributed by atoms with Crippen molar-refractivity contribution in [3.05, 3.63) is 45.8 Å². The number of azide groups is 1. The van der Waals surface area contributed by atoms with Gasteiger partial charge in [-0.15, -0.1) is 0 Å². The Labute approximate surface area is 77.0 Å². The van der Waals surface area contributed by atoms with Crippen LogP contribution in [0.5, 0.6) is 0 Å². The highest BCUT2D eigenvalue weighted by atomic mass is 15.2. The number of nitrogens with zero attached hydrogens (tertiary/aromatic N) is 3. The molecule has 0 bridgehead atoms. The Balaban J connectivity index is 2.37. The molecule has 0 N–H and O–H groups in total. The van der Waals surface area contributed by atoms with E-state index in [4.69, 9.17) is 5.53 Å². The Hall–Kier alpha value is -1.47. The Morgan fingerprint density at radius 1 is 1.46 bits per heavy atom. The van der Waals surface area contributed by atoms with Crippen LogP contribution in [0.25, 0.3) is 10.4 Å². The largest absolute Gasteiger partial charge is 0.0897 e. The van der Waals surface area contributed by atoms with Crippen LogP contribution in [0.3, 0.4) is 0 Å². The van der Waals surface area contributed by atoms with Crippen molar-refractivity contribution in [2.45, 2.75) is 25.3 Å². The Morgan fingerprint density at radius 2 is 2.23 bits per heavy atom. The lowest BCUT2D eigenvalue weighted by molar-refractivity contribution is 0.611. The molecule has 0 saturated heterocycles. The molecule has 0 radical (unpaired) electrons. The Kier molecular flexibility index (Phi) is 1.95. The summed E-state index contributed by atoms with van der Waals surface area (Å²) in [6.07, 6.45) is 0.890. The average Bonchev–Trinajstić information content (AvgIpc) is 2.46. The number of benzene rings is 1. The average molecular weight is 173 g/mol. The lowest BCUT2D eigenvalue weighted by Gasteiger charge is -2.08. The normalized spacial score (nSPS) is 25.0. The van der Waals surface area contributed by atoms with Gasteiger partial charge in [-0.1, -0.05) is 36.3 Å². The molecule has 0 aliphatic heterocycles. The second-order valence-corrected chi connectivity index (χ2v) is 3.46. The molecule has 1 aliphatic rings. The molecule has 0 spiro atoms. The first-order chi connectivity index (χ1) is 6.33. The summed E-state index contributed by atoms with van der Waals surface area (Å²) in [6, 6.07) is 8.41. The van der Waals surface area contributed by atoms with Crippen LogP contribution in [0, 0.1) is 0 Å². The molecule has 0 heterocycles. The first kappa shape index (κ1) is 8.14. The first-order valence-corrected chi connectivity index (χ1v) is 4.45. The summed E-state index contributed by atoms with van der Waals surface area (Å²) in [5, 5.41) is 3.80. The quantitative estimate of drug-likeness (QED) is 0.356. The van der Waals surface area contributed by atoms with E-state index in [1.54, 1.807) is 0 Å². The van der Waals surface area contributed by atoms with Gasteiger partial charge in [0, 0.05) is 11.0 Å². The predicted octanol–water partition coefficient (Wildman–Crippen LogP) is 3.03. The Bertz CT molecular complexity index is 366. The van der Waals surface area contributed by atoms with Crippen molar-refractivity contribution in [1.29, 1.82) is 0 Å². The van der Waals surface area contributed by atoms with E-state index in [2.05, 4.69) is 29.1 Å². The summed E-state index contributed by atoms with van der Waals surface area (Å²) in [6.45, 7) is 2.12. The van der Waals surface area contributed by atoms with Crippen molar-refractivity contribution in [2.24, 2.45) is 5.11 Å². The fourth-order valence-electron chi connectivity index (χ4n) is 1.98. The van der Waals surface area contributed by atoms with Gasteiger partial charge in [-0.25, -0.2) is 0 Å². The van der Waals surface area contributed by atoms with E-state index >= 15 is 0 Å². The zero-order chi connectivity index (χ0) is 9.26. The molecule has 1 aromatic carbocycles. The van der Waals surface area contributed by atoms with Gasteiger partial charge in [0.2, 0.25) is 0 Å². The number of rotatable bonds is 1. The van der Waals surface area contributed by atoms with Gasteiger partial charge < -0.3 is 0 Å². The number of hydrogen-bond acceptors (Lipinski definition) is 1. The number of hydrogen-bond donors (Lipinski definition) is 0. The van der Waals surface area contributed by atoms with E-state index in [-0.39, 0.29) is 6.04 Å². The van der Waals surface area contributed by atoms with E-state index in [1.807, 2.05) is 12.1 Å². The van der Waals surface area contributed by atoms with Crippen molar-refractivity contribution in [3.8, 4) is 0 Å². The molecule has 0 amide bonds. The van der Waals surface area contributed by atoms with Gasteiger partial charge in [0.25, 0.3) is 0 Å². The van der Waals surface area contributed by atoms with Crippen LogP contribution < -0.4 is 0 Å². The van der Waals surface area contributed by atoms with Crippen LogP contribution in [-0.2, 0) is 6.42 Å². The van der Waals surface area contributed by atoms with Crippen LogP contribution in [0.1, 0.15) is 24.0 Å². The van der Waals surface area contributed by atoms with Gasteiger partial charge in [-0.05, 0) is 29.0 Å². The van der Waals surface area contributed by atoms with Crippen LogP contribution in [0.2, 0.25) is 0 Å². The van der Waals surface area contributed by atoms with Crippen molar-refractivity contribution in [3.63, 3.8) is 0 Å². The molecule has 1 aromatic rings. The molecule has 2 atom stereocenters. The minimum absolute atomic E-state index is 0.113. The van der Waals surface area contributed by atoms with E-state index in [0.29, 0.717) is 5.92 Å². The van der Waals surface area contributed by atoms with E-state index in [0.717, 1.165) is 6.42 Å². The SMILES string of the molecule is C[C@H]1c2ccccc2C[C@@H]1N=[N+]=[N-]. The molecule has 0 aromatic heterocycles. The summed E-state index contributed by atoms with van der Waals surface area (Å²) >= 11 is 0. The maximum atomic E-state index is 8.38. The van der Waals surface area contributed by atoms with E-state index in [1.165, 1.54) is 11.1 Å². The summed E-state index contributed by atoms with van der Waals surface area (Å²) in [5.41, 5.74) is 11.0. The topological polar surface area (TPSA) is 48.8 Å². The van der Waals surface area contributed by atoms with Crippen LogP contribution in [-0.4, -0.2) is 6.04 Å². The van der Waals surface area contributed by atoms with Gasteiger partial charge in [-0.2, -0.15) is 0 Å². The molecule has 3 heteroatoms. The van der Waals surface area contributed by atoms with E-state index in [9.17, 15) is 0 Å².